The van der Waals surface area contributed by atoms with Gasteiger partial charge in [-0.1, -0.05) is 231 Å². The quantitative estimate of drug-likeness (QED) is 0.0971. The number of nitrogens with zero attached hydrogens (tertiary/aromatic N) is 4. The van der Waals surface area contributed by atoms with Gasteiger partial charge in [0, 0.05) is 88.6 Å². The van der Waals surface area contributed by atoms with Crippen molar-refractivity contribution in [3.8, 4) is 89.0 Å². The predicted molar refractivity (Wildman–Crippen MR) is 410 cm³/mol. The van der Waals surface area contributed by atoms with Crippen LogP contribution in [0.25, 0.3) is 182 Å². The molecular weight excluding hydrogens is 1320 g/mol. The number of carbonyl (C=O) groups excluding carboxylic acids is 2. The zero-order valence-electron chi connectivity index (χ0n) is 55.3. The van der Waals surface area contributed by atoms with Gasteiger partial charge in [0.05, 0.1) is 57.5 Å². The maximum absolute atomic E-state index is 11.6. The van der Waals surface area contributed by atoms with Gasteiger partial charge in [-0.3, -0.25) is 0 Å². The van der Waals surface area contributed by atoms with Crippen LogP contribution in [0.4, 0.5) is 0 Å². The van der Waals surface area contributed by atoms with E-state index in [9.17, 15) is 19.8 Å². The van der Waals surface area contributed by atoms with Crippen LogP contribution in [-0.4, -0.2) is 51.8 Å². The number of carboxylic acids is 2. The molecule has 0 aliphatic carbocycles. The van der Waals surface area contributed by atoms with Gasteiger partial charge in [-0.15, -0.1) is 0 Å². The Morgan fingerprint density at radius 1 is 0.204 bits per heavy atom. The fourth-order valence-corrected chi connectivity index (χ4v) is 14.0. The van der Waals surface area contributed by atoms with Crippen LogP contribution in [0.5, 0.6) is 0 Å². The molecule has 0 saturated heterocycles. The molecule has 4 aliphatic heterocycles. The van der Waals surface area contributed by atoms with Crippen LogP contribution in [0.1, 0.15) is 66.3 Å². The molecule has 4 N–H and O–H groups in total. The second kappa shape index (κ2) is 27.7. The average molecular weight is 1380 g/mol. The normalized spacial score (nSPS) is 11.8. The number of aromatic carboxylic acids is 2. The van der Waals surface area contributed by atoms with E-state index in [1.807, 2.05) is 133 Å². The molecule has 0 atom stereocenters. The van der Waals surface area contributed by atoms with Gasteiger partial charge in [0.15, 0.2) is 0 Å². The summed E-state index contributed by atoms with van der Waals surface area (Å²) in [6, 6.07) is 92.0. The first-order valence-corrected chi connectivity index (χ1v) is 33.5. The number of nitrogens with one attached hydrogen (secondary N) is 4. The number of H-pyrrole nitrogens is 4. The molecule has 8 aromatic carbocycles. The zero-order valence-corrected chi connectivity index (χ0v) is 58.3. The van der Waals surface area contributed by atoms with Crippen molar-refractivity contribution in [3.05, 3.63) is 336 Å². The maximum Gasteiger partial charge on any atom is 2.00 e. The van der Waals surface area contributed by atoms with E-state index in [1.54, 1.807) is 48.5 Å². The minimum Gasteiger partial charge on any atom is -0.545 e. The van der Waals surface area contributed by atoms with Crippen LogP contribution < -0.4 is 10.2 Å². The van der Waals surface area contributed by atoms with Crippen molar-refractivity contribution in [1.29, 1.82) is 0 Å². The topological polar surface area (TPSA) is 195 Å². The van der Waals surface area contributed by atoms with Crippen LogP contribution in [0.3, 0.4) is 0 Å². The third kappa shape index (κ3) is 12.5. The van der Waals surface area contributed by atoms with E-state index in [1.165, 1.54) is 0 Å². The molecule has 484 valence electrons. The van der Waals surface area contributed by atoms with E-state index < -0.39 is 11.9 Å². The SMILES string of the molecule is O=C([O-])c1ccc(-c2c3nc(c(-c4ccccc4)c4ccc([nH]4)c(-c4ccccc4)c4nc(c(-c5ccccc5)c5ccc2[nH]5)C=C4)C=C3)cc1.O=C([O-])c1ccc(-c2c3nc(c(-c4ccccc4)c4ccc([nH]4)c(-c4ccccc4)c4nc(c(-c5ccccc5)c5ccc2[nH]5)C=C4)C=C3)cc1.[Zn+2]. The van der Waals surface area contributed by atoms with Crippen LogP contribution in [-0.2, 0) is 19.5 Å². The van der Waals surface area contributed by atoms with E-state index in [-0.39, 0.29) is 30.6 Å². The smallest absolute Gasteiger partial charge is 0.545 e. The molecule has 0 saturated carbocycles. The minimum atomic E-state index is -1.22. The van der Waals surface area contributed by atoms with E-state index in [2.05, 4.69) is 166 Å². The molecule has 0 fully saturated rings. The van der Waals surface area contributed by atoms with E-state index in [4.69, 9.17) is 19.9 Å². The number of hydrogen-bond donors (Lipinski definition) is 4. The monoisotopic (exact) mass is 1380 g/mol. The Morgan fingerprint density at radius 2 is 0.350 bits per heavy atom. The van der Waals surface area contributed by atoms with Crippen molar-refractivity contribution in [2.75, 3.05) is 0 Å². The first kappa shape index (κ1) is 64.2. The first-order chi connectivity index (χ1) is 50.2. The van der Waals surface area contributed by atoms with Crippen molar-refractivity contribution < 1.29 is 39.3 Å². The Bertz CT molecular complexity index is 5690. The summed E-state index contributed by atoms with van der Waals surface area (Å²) < 4.78 is 0. The fourth-order valence-electron chi connectivity index (χ4n) is 14.0. The number of fused-ring (bicyclic) bond motifs is 16. The summed E-state index contributed by atoms with van der Waals surface area (Å²) in [5.41, 5.74) is 29.3. The molecule has 10 heterocycles. The van der Waals surface area contributed by atoms with Gasteiger partial charge in [0.1, 0.15) is 0 Å². The Balaban J connectivity index is 0.000000158. The number of aromatic amines is 4. The zero-order chi connectivity index (χ0) is 68.6. The van der Waals surface area contributed by atoms with Crippen molar-refractivity contribution in [2.45, 2.75) is 0 Å². The third-order valence-electron chi connectivity index (χ3n) is 18.7. The Morgan fingerprint density at radius 3 is 0.495 bits per heavy atom. The van der Waals surface area contributed by atoms with Crippen LogP contribution >= 0.6 is 0 Å². The van der Waals surface area contributed by atoms with Crippen molar-refractivity contribution >= 4 is 105 Å². The van der Waals surface area contributed by atoms with Gasteiger partial charge >= 0.3 is 19.5 Å². The second-order valence-electron chi connectivity index (χ2n) is 24.9. The summed E-state index contributed by atoms with van der Waals surface area (Å²) in [4.78, 5) is 59.4. The number of hydrogen-bond acceptors (Lipinski definition) is 8. The van der Waals surface area contributed by atoms with Gasteiger partial charge < -0.3 is 39.7 Å². The molecule has 6 aromatic heterocycles. The van der Waals surface area contributed by atoms with E-state index in [0.29, 0.717) is 0 Å². The summed E-state index contributed by atoms with van der Waals surface area (Å²) in [5, 5.41) is 23.3. The molecular formula is C90H58N8O4Zn. The average Bonchev–Trinajstić information content (AvgIpc) is 1.64. The van der Waals surface area contributed by atoms with Gasteiger partial charge in [0.2, 0.25) is 0 Å². The molecule has 18 rings (SSSR count). The summed E-state index contributed by atoms with van der Waals surface area (Å²) >= 11 is 0. The molecule has 0 spiro atoms. The summed E-state index contributed by atoms with van der Waals surface area (Å²) in [6.45, 7) is 0. The number of benzene rings is 8. The fraction of sp³-hybridized carbons (Fsp3) is 0. The van der Waals surface area contributed by atoms with Gasteiger partial charge in [0.25, 0.3) is 0 Å². The van der Waals surface area contributed by atoms with Crippen molar-refractivity contribution in [3.63, 3.8) is 0 Å². The Hall–Kier alpha value is -13.5. The largest absolute Gasteiger partial charge is 2.00 e. The third-order valence-corrected chi connectivity index (χ3v) is 18.7. The Labute approximate surface area is 604 Å². The molecule has 4 aliphatic rings. The predicted octanol–water partition coefficient (Wildman–Crippen LogP) is 19.4. The number of carbonyl (C=O) groups is 2. The van der Waals surface area contributed by atoms with Crippen LogP contribution in [0, 0.1) is 0 Å². The summed E-state index contributed by atoms with van der Waals surface area (Å²) in [7, 11) is 0. The molecule has 14 aromatic rings. The van der Waals surface area contributed by atoms with Crippen LogP contribution in [0.2, 0.25) is 0 Å². The van der Waals surface area contributed by atoms with E-state index >= 15 is 0 Å². The standard InChI is InChI=1S/2C45H30N4O2.Zn/c2*50-45(51)32-18-16-31(17-19-32)44-39-26-24-37(48-39)42(29-12-6-2-7-13-29)35-22-20-33(46-35)41(28-10-4-1-5-11-28)34-21-23-36(47-34)43(30-14-8-3-9-15-30)38-25-27-40(44)49-38;/h2*1-27,46,49H,(H,50,51);/q;;+2/p-2. The molecule has 0 radical (unpaired) electrons. The minimum absolute atomic E-state index is 0. The molecule has 12 nitrogen and oxygen atoms in total. The van der Waals surface area contributed by atoms with Gasteiger partial charge in [-0.2, -0.15) is 0 Å². The summed E-state index contributed by atoms with van der Waals surface area (Å²) in [5.74, 6) is -2.44. The van der Waals surface area contributed by atoms with E-state index in [0.717, 1.165) is 179 Å². The number of rotatable bonds is 10. The second-order valence-corrected chi connectivity index (χ2v) is 24.9. The first-order valence-electron chi connectivity index (χ1n) is 33.5. The molecule has 16 bridgehead atoms. The number of aromatic nitrogens is 8. The molecule has 0 unspecified atom stereocenters. The Kier molecular flexibility index (Phi) is 17.3. The van der Waals surface area contributed by atoms with Gasteiger partial charge in [-0.05, 0) is 153 Å². The van der Waals surface area contributed by atoms with Crippen LogP contribution in [0.15, 0.2) is 279 Å². The molecule has 13 heteroatoms. The molecule has 103 heavy (non-hydrogen) atoms. The van der Waals surface area contributed by atoms with Crippen molar-refractivity contribution in [1.82, 2.24) is 39.9 Å². The maximum atomic E-state index is 11.6. The van der Waals surface area contributed by atoms with Crippen molar-refractivity contribution in [2.24, 2.45) is 0 Å². The number of carboxylic acid groups (broad SMARTS) is 2. The molecule has 0 amide bonds. The summed E-state index contributed by atoms with van der Waals surface area (Å²) in [6.07, 6.45) is 16.5. The van der Waals surface area contributed by atoms with Gasteiger partial charge in [-0.25, -0.2) is 19.9 Å².